The first-order chi connectivity index (χ1) is 6.75. The molecule has 3 nitrogen and oxygen atoms in total. The summed E-state index contributed by atoms with van der Waals surface area (Å²) in [6, 6.07) is 4.14. The summed E-state index contributed by atoms with van der Waals surface area (Å²) in [7, 11) is 0. The zero-order chi connectivity index (χ0) is 9.97. The molecule has 0 unspecified atom stereocenters. The molecule has 0 saturated carbocycles. The summed E-state index contributed by atoms with van der Waals surface area (Å²) in [4.78, 5) is 6.65. The van der Waals surface area contributed by atoms with Crippen molar-refractivity contribution in [2.24, 2.45) is 0 Å². The number of hydrogen-bond acceptors (Lipinski definition) is 3. The van der Waals surface area contributed by atoms with E-state index in [4.69, 9.17) is 4.74 Å². The van der Waals surface area contributed by atoms with E-state index < -0.39 is 0 Å². The van der Waals surface area contributed by atoms with Crippen LogP contribution in [0.15, 0.2) is 18.3 Å². The van der Waals surface area contributed by atoms with Crippen LogP contribution >= 0.6 is 0 Å². The summed E-state index contributed by atoms with van der Waals surface area (Å²) in [6.45, 7) is 6.88. The van der Waals surface area contributed by atoms with E-state index in [0.29, 0.717) is 6.10 Å². The third-order valence-electron chi connectivity index (χ3n) is 2.47. The van der Waals surface area contributed by atoms with Crippen LogP contribution in [0, 0.1) is 6.92 Å². The van der Waals surface area contributed by atoms with Gasteiger partial charge >= 0.3 is 0 Å². The van der Waals surface area contributed by atoms with Crippen LogP contribution in [0.3, 0.4) is 0 Å². The molecule has 76 valence electrons. The van der Waals surface area contributed by atoms with Crippen molar-refractivity contribution in [3.63, 3.8) is 0 Å². The molecule has 3 heteroatoms. The fraction of sp³-hybridized carbons (Fsp3) is 0.545. The first kappa shape index (κ1) is 9.46. The highest BCUT2D eigenvalue weighted by molar-refractivity contribution is 5.41. The van der Waals surface area contributed by atoms with Gasteiger partial charge in [0.25, 0.3) is 0 Å². The molecule has 1 fully saturated rings. The van der Waals surface area contributed by atoms with Gasteiger partial charge in [0.1, 0.15) is 5.82 Å². The Morgan fingerprint density at radius 1 is 1.57 bits per heavy atom. The number of aryl methyl sites for hydroxylation is 1. The second-order valence-electron chi connectivity index (χ2n) is 3.82. The van der Waals surface area contributed by atoms with E-state index in [9.17, 15) is 0 Å². The van der Waals surface area contributed by atoms with Gasteiger partial charge in [0.2, 0.25) is 0 Å². The highest BCUT2D eigenvalue weighted by Crippen LogP contribution is 2.15. The van der Waals surface area contributed by atoms with E-state index in [0.717, 1.165) is 25.5 Å². The van der Waals surface area contributed by atoms with Crippen LogP contribution in [0.2, 0.25) is 0 Å². The monoisotopic (exact) mass is 192 g/mol. The molecule has 14 heavy (non-hydrogen) atoms. The van der Waals surface area contributed by atoms with E-state index >= 15 is 0 Å². The predicted octanol–water partition coefficient (Wildman–Crippen LogP) is 1.62. The largest absolute Gasteiger partial charge is 0.375 e. The van der Waals surface area contributed by atoms with Gasteiger partial charge in [-0.25, -0.2) is 4.98 Å². The molecule has 0 aliphatic carbocycles. The third-order valence-corrected chi connectivity index (χ3v) is 2.47. The molecule has 0 amide bonds. The van der Waals surface area contributed by atoms with Crippen molar-refractivity contribution in [1.82, 2.24) is 4.98 Å². The van der Waals surface area contributed by atoms with Gasteiger partial charge in [0.15, 0.2) is 0 Å². The summed E-state index contributed by atoms with van der Waals surface area (Å²) < 4.78 is 5.49. The Labute approximate surface area is 84.7 Å². The fourth-order valence-electron chi connectivity index (χ4n) is 1.72. The van der Waals surface area contributed by atoms with E-state index in [-0.39, 0.29) is 0 Å². The van der Waals surface area contributed by atoms with Crippen molar-refractivity contribution < 1.29 is 4.74 Å². The number of hydrogen-bond donors (Lipinski definition) is 0. The van der Waals surface area contributed by atoms with Crippen molar-refractivity contribution >= 4 is 5.82 Å². The minimum absolute atomic E-state index is 0.311. The molecular formula is C11H16N2O. The molecule has 0 bridgehead atoms. The van der Waals surface area contributed by atoms with Crippen LogP contribution in [-0.2, 0) is 4.74 Å². The zero-order valence-electron chi connectivity index (χ0n) is 8.73. The quantitative estimate of drug-likeness (QED) is 0.676. The van der Waals surface area contributed by atoms with Crippen molar-refractivity contribution in [1.29, 1.82) is 0 Å². The first-order valence-corrected chi connectivity index (χ1v) is 5.05. The predicted molar refractivity (Wildman–Crippen MR) is 56.6 cm³/mol. The SMILES string of the molecule is Cc1ccnc(N2CCO[C@H](C)C2)c1. The van der Waals surface area contributed by atoms with Crippen LogP contribution in [0.5, 0.6) is 0 Å². The number of pyridine rings is 1. The summed E-state index contributed by atoms with van der Waals surface area (Å²) in [5.74, 6) is 1.07. The molecule has 1 aliphatic rings. The molecular weight excluding hydrogens is 176 g/mol. The van der Waals surface area contributed by atoms with Crippen molar-refractivity contribution in [2.45, 2.75) is 20.0 Å². The molecule has 0 N–H and O–H groups in total. The maximum Gasteiger partial charge on any atom is 0.128 e. The lowest BCUT2D eigenvalue weighted by molar-refractivity contribution is 0.0529. The first-order valence-electron chi connectivity index (χ1n) is 5.05. The lowest BCUT2D eigenvalue weighted by Gasteiger charge is -2.32. The van der Waals surface area contributed by atoms with Crippen molar-refractivity contribution in [3.8, 4) is 0 Å². The minimum Gasteiger partial charge on any atom is -0.375 e. The van der Waals surface area contributed by atoms with E-state index in [1.54, 1.807) is 0 Å². The molecule has 0 radical (unpaired) electrons. The molecule has 2 rings (SSSR count). The normalized spacial score (nSPS) is 22.4. The average molecular weight is 192 g/mol. The van der Waals surface area contributed by atoms with E-state index in [1.165, 1.54) is 5.56 Å². The van der Waals surface area contributed by atoms with Gasteiger partial charge in [-0.05, 0) is 31.5 Å². The average Bonchev–Trinajstić information content (AvgIpc) is 2.18. The molecule has 0 spiro atoms. The van der Waals surface area contributed by atoms with E-state index in [2.05, 4.69) is 29.8 Å². The second-order valence-corrected chi connectivity index (χ2v) is 3.82. The van der Waals surface area contributed by atoms with Gasteiger partial charge in [0.05, 0.1) is 12.7 Å². The summed E-state index contributed by atoms with van der Waals surface area (Å²) >= 11 is 0. The zero-order valence-corrected chi connectivity index (χ0v) is 8.73. The van der Waals surface area contributed by atoms with Gasteiger partial charge in [-0.3, -0.25) is 0 Å². The molecule has 1 atom stereocenters. The Morgan fingerprint density at radius 2 is 2.43 bits per heavy atom. The smallest absolute Gasteiger partial charge is 0.128 e. The highest BCUT2D eigenvalue weighted by atomic mass is 16.5. The molecule has 0 aromatic carbocycles. The van der Waals surface area contributed by atoms with Gasteiger partial charge in [-0.15, -0.1) is 0 Å². The number of nitrogens with zero attached hydrogens (tertiary/aromatic N) is 2. The number of anilines is 1. The van der Waals surface area contributed by atoms with Crippen LogP contribution in [0.25, 0.3) is 0 Å². The number of morpholine rings is 1. The molecule has 1 aliphatic heterocycles. The van der Waals surface area contributed by atoms with Gasteiger partial charge in [-0.1, -0.05) is 0 Å². The Bertz CT molecular complexity index is 314. The lowest BCUT2D eigenvalue weighted by atomic mass is 10.2. The van der Waals surface area contributed by atoms with Gasteiger partial charge in [-0.2, -0.15) is 0 Å². The van der Waals surface area contributed by atoms with E-state index in [1.807, 2.05) is 12.3 Å². The van der Waals surface area contributed by atoms with Gasteiger partial charge < -0.3 is 9.64 Å². The third kappa shape index (κ3) is 2.04. The molecule has 2 heterocycles. The minimum atomic E-state index is 0.311. The van der Waals surface area contributed by atoms with Crippen LogP contribution in [0.4, 0.5) is 5.82 Å². The maximum absolute atomic E-state index is 5.49. The fourth-order valence-corrected chi connectivity index (χ4v) is 1.72. The Morgan fingerprint density at radius 3 is 3.14 bits per heavy atom. The standard InChI is InChI=1S/C11H16N2O/c1-9-3-4-12-11(7-9)13-5-6-14-10(2)8-13/h3-4,7,10H,5-6,8H2,1-2H3/t10-/m1/s1. The second kappa shape index (κ2) is 3.96. The van der Waals surface area contributed by atoms with Crippen molar-refractivity contribution in [2.75, 3.05) is 24.6 Å². The number of aromatic nitrogens is 1. The summed E-state index contributed by atoms with van der Waals surface area (Å²) in [5, 5.41) is 0. The Balaban J connectivity index is 2.14. The number of rotatable bonds is 1. The number of ether oxygens (including phenoxy) is 1. The molecule has 1 saturated heterocycles. The highest BCUT2D eigenvalue weighted by Gasteiger charge is 2.17. The van der Waals surface area contributed by atoms with Crippen molar-refractivity contribution in [3.05, 3.63) is 23.9 Å². The van der Waals surface area contributed by atoms with Crippen LogP contribution in [0.1, 0.15) is 12.5 Å². The lowest BCUT2D eigenvalue weighted by Crippen LogP contribution is -2.41. The summed E-state index contributed by atoms with van der Waals surface area (Å²) in [5.41, 5.74) is 1.26. The topological polar surface area (TPSA) is 25.4 Å². The van der Waals surface area contributed by atoms with Crippen LogP contribution < -0.4 is 4.90 Å². The Kier molecular flexibility index (Phi) is 2.68. The molecule has 1 aromatic rings. The summed E-state index contributed by atoms with van der Waals surface area (Å²) in [6.07, 6.45) is 2.18. The van der Waals surface area contributed by atoms with Gasteiger partial charge in [0, 0.05) is 19.3 Å². The molecule has 1 aromatic heterocycles. The Hall–Kier alpha value is -1.09. The van der Waals surface area contributed by atoms with Crippen LogP contribution in [-0.4, -0.2) is 30.8 Å². The maximum atomic E-state index is 5.49.